The van der Waals surface area contributed by atoms with E-state index in [0.717, 1.165) is 18.1 Å². The van der Waals surface area contributed by atoms with Gasteiger partial charge in [-0.05, 0) is 24.5 Å². The Labute approximate surface area is 167 Å². The monoisotopic (exact) mass is 466 g/mol. The third kappa shape index (κ3) is 8.48. The summed E-state index contributed by atoms with van der Waals surface area (Å²) in [5.74, 6) is 0.768. The number of guanidine groups is 1. The van der Waals surface area contributed by atoms with Gasteiger partial charge in [-0.1, -0.05) is 43.4 Å². The van der Waals surface area contributed by atoms with Gasteiger partial charge in [0.2, 0.25) is 0 Å². The first-order valence-electron chi connectivity index (χ1n) is 8.44. The van der Waals surface area contributed by atoms with E-state index >= 15 is 0 Å². The lowest BCUT2D eigenvalue weighted by Gasteiger charge is -2.16. The Morgan fingerprint density at radius 2 is 2.00 bits per heavy atom. The second kappa shape index (κ2) is 12.7. The van der Waals surface area contributed by atoms with Crippen molar-refractivity contribution in [3.8, 4) is 0 Å². The minimum absolute atomic E-state index is 0. The molecule has 7 heteroatoms. The molecule has 0 radical (unpaired) electrons. The summed E-state index contributed by atoms with van der Waals surface area (Å²) in [7, 11) is 1.77. The first-order chi connectivity index (χ1) is 11.3. The number of nitrogens with zero attached hydrogens (tertiary/aromatic N) is 2. The quantitative estimate of drug-likeness (QED) is 0.167. The summed E-state index contributed by atoms with van der Waals surface area (Å²) in [4.78, 5) is 8.28. The maximum Gasteiger partial charge on any atom is 0.191 e. The first kappa shape index (κ1) is 21.4. The zero-order valence-electron chi connectivity index (χ0n) is 14.3. The molecule has 0 unspecified atom stereocenters. The number of pyridine rings is 1. The highest BCUT2D eigenvalue weighted by atomic mass is 127. The van der Waals surface area contributed by atoms with E-state index in [4.69, 9.17) is 16.3 Å². The number of hydrogen-bond donors (Lipinski definition) is 2. The highest BCUT2D eigenvalue weighted by Crippen LogP contribution is 2.19. The normalized spacial score (nSPS) is 16.2. The summed E-state index contributed by atoms with van der Waals surface area (Å²) in [5, 5.41) is 7.03. The van der Waals surface area contributed by atoms with Crippen LogP contribution in [0, 0.1) is 0 Å². The Kier molecular flexibility index (Phi) is 11.4. The first-order valence-corrected chi connectivity index (χ1v) is 8.82. The molecular formula is C17H28ClIN4O. The standard InChI is InChI=1S/C17H27ClN4O.HI/c1-19-17(22-13-14-8-9-16(18)21-12-14)20-10-11-23-15-6-4-2-3-5-7-15;/h8-9,12,15H,2-7,10-11,13H2,1H3,(H2,19,20,22);1H. The van der Waals surface area contributed by atoms with Crippen LogP contribution in [0.4, 0.5) is 0 Å². The van der Waals surface area contributed by atoms with Gasteiger partial charge >= 0.3 is 0 Å². The van der Waals surface area contributed by atoms with Gasteiger partial charge in [0.1, 0.15) is 5.15 Å². The predicted molar refractivity (Wildman–Crippen MR) is 110 cm³/mol. The van der Waals surface area contributed by atoms with Crippen LogP contribution in [0.2, 0.25) is 5.15 Å². The molecule has 1 aromatic heterocycles. The van der Waals surface area contributed by atoms with Crippen molar-refractivity contribution < 1.29 is 4.74 Å². The maximum atomic E-state index is 5.96. The minimum atomic E-state index is 0. The molecule has 136 valence electrons. The van der Waals surface area contributed by atoms with E-state index in [9.17, 15) is 0 Å². The summed E-state index contributed by atoms with van der Waals surface area (Å²) in [6, 6.07) is 3.74. The van der Waals surface area contributed by atoms with E-state index in [-0.39, 0.29) is 24.0 Å². The van der Waals surface area contributed by atoms with Crippen molar-refractivity contribution in [2.24, 2.45) is 4.99 Å². The van der Waals surface area contributed by atoms with Crippen LogP contribution in [0.15, 0.2) is 23.3 Å². The Bertz CT molecular complexity index is 476. The SMILES string of the molecule is CN=C(NCCOC1CCCCCC1)NCc1ccc(Cl)nc1.I. The number of ether oxygens (including phenoxy) is 1. The Hall–Kier alpha value is -0.600. The molecule has 0 atom stereocenters. The van der Waals surface area contributed by atoms with E-state index in [1.54, 1.807) is 19.3 Å². The molecule has 2 rings (SSSR count). The third-order valence-electron chi connectivity index (χ3n) is 4.02. The van der Waals surface area contributed by atoms with Gasteiger partial charge in [-0.15, -0.1) is 24.0 Å². The van der Waals surface area contributed by atoms with Crippen molar-refractivity contribution in [3.63, 3.8) is 0 Å². The topological polar surface area (TPSA) is 58.5 Å². The molecule has 1 saturated carbocycles. The number of rotatable bonds is 6. The highest BCUT2D eigenvalue weighted by Gasteiger charge is 2.12. The van der Waals surface area contributed by atoms with Crippen LogP contribution >= 0.6 is 35.6 Å². The van der Waals surface area contributed by atoms with Gasteiger partial charge in [-0.2, -0.15) is 0 Å². The molecule has 24 heavy (non-hydrogen) atoms. The number of aromatic nitrogens is 1. The van der Waals surface area contributed by atoms with E-state index in [1.807, 2.05) is 6.07 Å². The molecule has 1 aliphatic carbocycles. The minimum Gasteiger partial charge on any atom is -0.376 e. The van der Waals surface area contributed by atoms with Crippen LogP contribution in [0.1, 0.15) is 44.1 Å². The van der Waals surface area contributed by atoms with Crippen LogP contribution in [0.5, 0.6) is 0 Å². The lowest BCUT2D eigenvalue weighted by molar-refractivity contribution is 0.0468. The predicted octanol–water partition coefficient (Wildman–Crippen LogP) is 3.76. The van der Waals surface area contributed by atoms with Crippen LogP contribution in [-0.4, -0.2) is 37.2 Å². The Morgan fingerprint density at radius 3 is 2.62 bits per heavy atom. The molecular weight excluding hydrogens is 439 g/mol. The molecule has 1 heterocycles. The van der Waals surface area contributed by atoms with Gasteiger partial charge in [0, 0.05) is 26.3 Å². The van der Waals surface area contributed by atoms with E-state index in [1.165, 1.54) is 38.5 Å². The van der Waals surface area contributed by atoms with E-state index < -0.39 is 0 Å². The maximum absolute atomic E-state index is 5.96. The Morgan fingerprint density at radius 1 is 1.25 bits per heavy atom. The molecule has 1 aromatic rings. The zero-order valence-corrected chi connectivity index (χ0v) is 17.3. The van der Waals surface area contributed by atoms with Gasteiger partial charge in [-0.3, -0.25) is 4.99 Å². The van der Waals surface area contributed by atoms with Crippen molar-refractivity contribution in [1.82, 2.24) is 15.6 Å². The molecule has 0 spiro atoms. The average molecular weight is 467 g/mol. The van der Waals surface area contributed by atoms with Crippen molar-refractivity contribution in [2.45, 2.75) is 51.2 Å². The van der Waals surface area contributed by atoms with Crippen LogP contribution in [-0.2, 0) is 11.3 Å². The van der Waals surface area contributed by atoms with Crippen molar-refractivity contribution >= 4 is 41.5 Å². The third-order valence-corrected chi connectivity index (χ3v) is 4.25. The van der Waals surface area contributed by atoms with Gasteiger partial charge < -0.3 is 15.4 Å². The summed E-state index contributed by atoms with van der Waals surface area (Å²) in [6.45, 7) is 2.14. The van der Waals surface area contributed by atoms with Crippen LogP contribution < -0.4 is 10.6 Å². The second-order valence-corrected chi connectivity index (χ2v) is 6.21. The summed E-state index contributed by atoms with van der Waals surface area (Å²) >= 11 is 5.78. The summed E-state index contributed by atoms with van der Waals surface area (Å²) < 4.78 is 5.96. The van der Waals surface area contributed by atoms with Gasteiger partial charge in [0.05, 0.1) is 12.7 Å². The van der Waals surface area contributed by atoms with Crippen molar-refractivity contribution in [1.29, 1.82) is 0 Å². The smallest absolute Gasteiger partial charge is 0.191 e. The Balaban J connectivity index is 0.00000288. The summed E-state index contributed by atoms with van der Waals surface area (Å²) in [5.41, 5.74) is 1.06. The zero-order chi connectivity index (χ0) is 16.3. The van der Waals surface area contributed by atoms with Crippen molar-refractivity contribution in [2.75, 3.05) is 20.2 Å². The number of nitrogens with one attached hydrogen (secondary N) is 2. The number of hydrogen-bond acceptors (Lipinski definition) is 3. The van der Waals surface area contributed by atoms with E-state index in [0.29, 0.717) is 24.4 Å². The summed E-state index contributed by atoms with van der Waals surface area (Å²) in [6.07, 6.45) is 9.93. The second-order valence-electron chi connectivity index (χ2n) is 5.83. The molecule has 2 N–H and O–H groups in total. The molecule has 0 amide bonds. The fourth-order valence-corrected chi connectivity index (χ4v) is 2.83. The lowest BCUT2D eigenvalue weighted by Crippen LogP contribution is -2.38. The van der Waals surface area contributed by atoms with Crippen LogP contribution in [0.25, 0.3) is 0 Å². The van der Waals surface area contributed by atoms with Crippen molar-refractivity contribution in [3.05, 3.63) is 29.0 Å². The largest absolute Gasteiger partial charge is 0.376 e. The number of aliphatic imine (C=N–C) groups is 1. The molecule has 1 fully saturated rings. The lowest BCUT2D eigenvalue weighted by atomic mass is 10.1. The van der Waals surface area contributed by atoms with Crippen LogP contribution in [0.3, 0.4) is 0 Å². The van der Waals surface area contributed by atoms with Gasteiger partial charge in [0.25, 0.3) is 0 Å². The molecule has 0 saturated heterocycles. The molecule has 0 bridgehead atoms. The fraction of sp³-hybridized carbons (Fsp3) is 0.647. The highest BCUT2D eigenvalue weighted by molar-refractivity contribution is 14.0. The average Bonchev–Trinajstić information content (AvgIpc) is 2.84. The molecule has 0 aromatic carbocycles. The molecule has 1 aliphatic rings. The number of halogens is 2. The van der Waals surface area contributed by atoms with Gasteiger partial charge in [0.15, 0.2) is 5.96 Å². The fourth-order valence-electron chi connectivity index (χ4n) is 2.72. The van der Waals surface area contributed by atoms with E-state index in [2.05, 4.69) is 20.6 Å². The molecule has 5 nitrogen and oxygen atoms in total. The molecule has 0 aliphatic heterocycles. The van der Waals surface area contributed by atoms with Gasteiger partial charge in [-0.25, -0.2) is 4.98 Å².